The zero-order valence-corrected chi connectivity index (χ0v) is 11.2. The highest BCUT2D eigenvalue weighted by atomic mass is 79.9. The molecule has 1 aromatic heterocycles. The third-order valence-electron chi connectivity index (χ3n) is 2.35. The Morgan fingerprint density at radius 2 is 2.12 bits per heavy atom. The quantitative estimate of drug-likeness (QED) is 0.875. The summed E-state index contributed by atoms with van der Waals surface area (Å²) in [5.41, 5.74) is 1.52. The minimum atomic E-state index is -0.169. The minimum Gasteiger partial charge on any atom is -0.380 e. The van der Waals surface area contributed by atoms with Gasteiger partial charge in [-0.1, -0.05) is 6.07 Å². The minimum absolute atomic E-state index is 0.169. The molecule has 0 fully saturated rings. The summed E-state index contributed by atoms with van der Waals surface area (Å²) in [6, 6.07) is 9.15. The standard InChI is InChI=1S/C12H11BrFNS/c1-8-10(14)3-2-4-11(8)15-7-9-5-6-12(13)16-9/h2-6,15H,7H2,1H3. The molecule has 0 amide bonds. The number of hydrogen-bond acceptors (Lipinski definition) is 2. The van der Waals surface area contributed by atoms with E-state index in [-0.39, 0.29) is 5.82 Å². The first-order valence-corrected chi connectivity index (χ1v) is 6.51. The van der Waals surface area contributed by atoms with Gasteiger partial charge in [0.05, 0.1) is 3.79 Å². The zero-order chi connectivity index (χ0) is 11.5. The second-order valence-electron chi connectivity index (χ2n) is 3.47. The molecule has 0 spiro atoms. The molecule has 4 heteroatoms. The third kappa shape index (κ3) is 2.62. The fourth-order valence-electron chi connectivity index (χ4n) is 1.43. The van der Waals surface area contributed by atoms with Gasteiger partial charge in [0.1, 0.15) is 5.82 Å². The van der Waals surface area contributed by atoms with Crippen LogP contribution in [0.25, 0.3) is 0 Å². The number of benzene rings is 1. The average Bonchev–Trinajstić information content (AvgIpc) is 2.67. The molecule has 0 saturated carbocycles. The Bertz CT molecular complexity index is 496. The Labute approximate surface area is 106 Å². The summed E-state index contributed by atoms with van der Waals surface area (Å²) in [6.45, 7) is 2.50. The van der Waals surface area contributed by atoms with E-state index in [9.17, 15) is 4.39 Å². The van der Waals surface area contributed by atoms with Crippen LogP contribution in [-0.4, -0.2) is 0 Å². The van der Waals surface area contributed by atoms with Crippen molar-refractivity contribution in [1.29, 1.82) is 0 Å². The SMILES string of the molecule is Cc1c(F)cccc1NCc1ccc(Br)s1. The van der Waals surface area contributed by atoms with Crippen molar-refractivity contribution in [2.45, 2.75) is 13.5 Å². The lowest BCUT2D eigenvalue weighted by Gasteiger charge is -2.08. The summed E-state index contributed by atoms with van der Waals surface area (Å²) >= 11 is 5.09. The smallest absolute Gasteiger partial charge is 0.128 e. The summed E-state index contributed by atoms with van der Waals surface area (Å²) in [4.78, 5) is 1.22. The highest BCUT2D eigenvalue weighted by Gasteiger charge is 2.03. The van der Waals surface area contributed by atoms with Crippen molar-refractivity contribution in [2.75, 3.05) is 5.32 Å². The predicted octanol–water partition coefficient (Wildman–Crippen LogP) is 4.57. The lowest BCUT2D eigenvalue weighted by atomic mass is 10.2. The normalized spacial score (nSPS) is 10.4. The van der Waals surface area contributed by atoms with E-state index in [4.69, 9.17) is 0 Å². The van der Waals surface area contributed by atoms with Crippen LogP contribution >= 0.6 is 27.3 Å². The number of rotatable bonds is 3. The summed E-state index contributed by atoms with van der Waals surface area (Å²) in [6.07, 6.45) is 0. The van der Waals surface area contributed by atoms with Crippen molar-refractivity contribution < 1.29 is 4.39 Å². The van der Waals surface area contributed by atoms with Crippen molar-refractivity contribution in [3.63, 3.8) is 0 Å². The van der Waals surface area contributed by atoms with E-state index < -0.39 is 0 Å². The molecule has 0 aliphatic rings. The first-order valence-electron chi connectivity index (χ1n) is 4.90. The van der Waals surface area contributed by atoms with Crippen molar-refractivity contribution >= 4 is 33.0 Å². The first kappa shape index (κ1) is 11.6. The van der Waals surface area contributed by atoms with Crippen LogP contribution in [0.2, 0.25) is 0 Å². The molecule has 16 heavy (non-hydrogen) atoms. The van der Waals surface area contributed by atoms with Gasteiger partial charge >= 0.3 is 0 Å². The molecule has 0 saturated heterocycles. The molecule has 0 bridgehead atoms. The van der Waals surface area contributed by atoms with E-state index in [1.807, 2.05) is 12.1 Å². The molecule has 1 N–H and O–H groups in total. The first-order chi connectivity index (χ1) is 7.66. The van der Waals surface area contributed by atoms with Crippen LogP contribution in [0.1, 0.15) is 10.4 Å². The number of nitrogens with one attached hydrogen (secondary N) is 1. The average molecular weight is 300 g/mol. The van der Waals surface area contributed by atoms with Crippen molar-refractivity contribution in [2.24, 2.45) is 0 Å². The van der Waals surface area contributed by atoms with Gasteiger partial charge in [0, 0.05) is 22.7 Å². The fourth-order valence-corrected chi connectivity index (χ4v) is 2.85. The maximum absolute atomic E-state index is 13.3. The van der Waals surface area contributed by atoms with Crippen LogP contribution in [0.15, 0.2) is 34.1 Å². The van der Waals surface area contributed by atoms with Gasteiger partial charge in [0.25, 0.3) is 0 Å². The molecule has 0 aliphatic carbocycles. The van der Waals surface area contributed by atoms with Crippen molar-refractivity contribution in [3.8, 4) is 0 Å². The maximum atomic E-state index is 13.3. The van der Waals surface area contributed by atoms with Crippen LogP contribution in [0.4, 0.5) is 10.1 Å². The van der Waals surface area contributed by atoms with Gasteiger partial charge in [-0.3, -0.25) is 0 Å². The van der Waals surface area contributed by atoms with E-state index in [0.717, 1.165) is 16.0 Å². The molecule has 2 rings (SSSR count). The van der Waals surface area contributed by atoms with E-state index in [2.05, 4.69) is 27.3 Å². The van der Waals surface area contributed by atoms with Gasteiger partial charge in [-0.05, 0) is 47.1 Å². The molecule has 0 aliphatic heterocycles. The van der Waals surface area contributed by atoms with E-state index in [0.29, 0.717) is 5.56 Å². The Morgan fingerprint density at radius 1 is 1.31 bits per heavy atom. The van der Waals surface area contributed by atoms with Crippen LogP contribution < -0.4 is 5.32 Å². The third-order valence-corrected chi connectivity index (χ3v) is 3.97. The molecule has 1 heterocycles. The van der Waals surface area contributed by atoms with E-state index in [1.165, 1.54) is 10.9 Å². The fraction of sp³-hybridized carbons (Fsp3) is 0.167. The van der Waals surface area contributed by atoms with Crippen LogP contribution in [0.3, 0.4) is 0 Å². The lowest BCUT2D eigenvalue weighted by molar-refractivity contribution is 0.619. The van der Waals surface area contributed by atoms with Crippen LogP contribution in [0.5, 0.6) is 0 Å². The summed E-state index contributed by atoms with van der Waals surface area (Å²) < 4.78 is 14.4. The molecule has 0 radical (unpaired) electrons. The van der Waals surface area contributed by atoms with Crippen molar-refractivity contribution in [3.05, 3.63) is 50.4 Å². The summed E-state index contributed by atoms with van der Waals surface area (Å²) in [5, 5.41) is 3.23. The van der Waals surface area contributed by atoms with Gasteiger partial charge in [-0.15, -0.1) is 11.3 Å². The zero-order valence-electron chi connectivity index (χ0n) is 8.76. The summed E-state index contributed by atoms with van der Waals surface area (Å²) in [5.74, 6) is -0.169. The number of thiophene rings is 1. The highest BCUT2D eigenvalue weighted by molar-refractivity contribution is 9.11. The van der Waals surface area contributed by atoms with E-state index in [1.54, 1.807) is 24.3 Å². The Balaban J connectivity index is 2.07. The second kappa shape index (κ2) is 4.97. The molecular weight excluding hydrogens is 289 g/mol. The molecule has 0 unspecified atom stereocenters. The maximum Gasteiger partial charge on any atom is 0.128 e. The molecular formula is C12H11BrFNS. The Hall–Kier alpha value is -0.870. The molecule has 2 aromatic rings. The largest absolute Gasteiger partial charge is 0.380 e. The number of halogens is 2. The van der Waals surface area contributed by atoms with Gasteiger partial charge in [0.2, 0.25) is 0 Å². The van der Waals surface area contributed by atoms with Gasteiger partial charge in [0.15, 0.2) is 0 Å². The van der Waals surface area contributed by atoms with Crippen LogP contribution in [0, 0.1) is 12.7 Å². The number of hydrogen-bond donors (Lipinski definition) is 1. The van der Waals surface area contributed by atoms with Crippen LogP contribution in [-0.2, 0) is 6.54 Å². The predicted molar refractivity (Wildman–Crippen MR) is 70.5 cm³/mol. The monoisotopic (exact) mass is 299 g/mol. The molecule has 1 nitrogen and oxygen atoms in total. The van der Waals surface area contributed by atoms with Gasteiger partial charge in [-0.25, -0.2) is 4.39 Å². The number of anilines is 1. The molecule has 0 atom stereocenters. The topological polar surface area (TPSA) is 12.0 Å². The van der Waals surface area contributed by atoms with Gasteiger partial charge in [-0.2, -0.15) is 0 Å². The lowest BCUT2D eigenvalue weighted by Crippen LogP contribution is -2.00. The molecule has 84 valence electrons. The van der Waals surface area contributed by atoms with Crippen molar-refractivity contribution in [1.82, 2.24) is 0 Å². The van der Waals surface area contributed by atoms with E-state index >= 15 is 0 Å². The Morgan fingerprint density at radius 3 is 2.81 bits per heavy atom. The summed E-state index contributed by atoms with van der Waals surface area (Å²) in [7, 11) is 0. The molecule has 1 aromatic carbocycles. The van der Waals surface area contributed by atoms with Gasteiger partial charge < -0.3 is 5.32 Å². The highest BCUT2D eigenvalue weighted by Crippen LogP contribution is 2.24. The Kier molecular flexibility index (Phi) is 3.61. The second-order valence-corrected chi connectivity index (χ2v) is 6.02.